The van der Waals surface area contributed by atoms with Gasteiger partial charge in [0.15, 0.2) is 0 Å². The van der Waals surface area contributed by atoms with E-state index in [1.54, 1.807) is 0 Å². The van der Waals surface area contributed by atoms with E-state index in [-0.39, 0.29) is 0 Å². The molecule has 0 N–H and O–H groups in total. The van der Waals surface area contributed by atoms with Gasteiger partial charge in [-0.25, -0.2) is 4.57 Å². The number of aryl methyl sites for hydroxylation is 3. The number of hydrogen-bond donors (Lipinski definition) is 0. The molecule has 2 aromatic carbocycles. The molecular formula is C30H43N2+. The van der Waals surface area contributed by atoms with Crippen molar-refractivity contribution in [3.05, 3.63) is 80.9 Å². The van der Waals surface area contributed by atoms with E-state index in [4.69, 9.17) is 0 Å². The monoisotopic (exact) mass is 431 g/mol. The van der Waals surface area contributed by atoms with E-state index in [1.807, 2.05) is 0 Å². The van der Waals surface area contributed by atoms with Crippen LogP contribution in [0.4, 0.5) is 0 Å². The smallest absolute Gasteiger partial charge is 0.229 e. The fourth-order valence-corrected chi connectivity index (χ4v) is 5.09. The standard InChI is InChI=1S/C30H43N2/c1-18(2)26-14-27(19(3)4)29(28(15-26)20(5)6)16-31-17-32(25(11)24(31)10)30-22(8)12-21(7)13-23(30)9/h12-15,17-20H,16H2,1-11H3/q+1. The third-order valence-electron chi connectivity index (χ3n) is 7.03. The Morgan fingerprint density at radius 1 is 0.719 bits per heavy atom. The van der Waals surface area contributed by atoms with Crippen LogP contribution in [-0.2, 0) is 6.54 Å². The molecule has 0 atom stereocenters. The lowest BCUT2D eigenvalue weighted by atomic mass is 9.84. The molecule has 3 rings (SSSR count). The Morgan fingerprint density at radius 3 is 1.66 bits per heavy atom. The molecule has 0 saturated heterocycles. The van der Waals surface area contributed by atoms with Crippen molar-refractivity contribution in [3.63, 3.8) is 0 Å². The molecule has 0 unspecified atom stereocenters. The lowest BCUT2D eigenvalue weighted by Gasteiger charge is -2.22. The van der Waals surface area contributed by atoms with E-state index >= 15 is 0 Å². The number of benzene rings is 2. The number of aromatic nitrogens is 2. The van der Waals surface area contributed by atoms with Gasteiger partial charge in [0.05, 0.1) is 0 Å². The third kappa shape index (κ3) is 4.56. The molecular weight excluding hydrogens is 388 g/mol. The van der Waals surface area contributed by atoms with Gasteiger partial charge < -0.3 is 0 Å². The summed E-state index contributed by atoms with van der Waals surface area (Å²) in [7, 11) is 0. The van der Waals surface area contributed by atoms with Gasteiger partial charge in [-0.05, 0) is 66.3 Å². The second-order valence-corrected chi connectivity index (χ2v) is 10.7. The van der Waals surface area contributed by atoms with Crippen molar-refractivity contribution in [1.29, 1.82) is 0 Å². The molecule has 1 heterocycles. The summed E-state index contributed by atoms with van der Waals surface area (Å²) in [5, 5.41) is 0. The minimum Gasteiger partial charge on any atom is -0.229 e. The van der Waals surface area contributed by atoms with Crippen LogP contribution in [0.25, 0.3) is 5.69 Å². The molecule has 0 bridgehead atoms. The zero-order valence-electron chi connectivity index (χ0n) is 22.2. The minimum absolute atomic E-state index is 0.506. The van der Waals surface area contributed by atoms with Gasteiger partial charge >= 0.3 is 0 Å². The van der Waals surface area contributed by atoms with Crippen molar-refractivity contribution in [3.8, 4) is 5.69 Å². The first-order chi connectivity index (χ1) is 14.9. The van der Waals surface area contributed by atoms with Crippen LogP contribution in [0.5, 0.6) is 0 Å². The Balaban J connectivity index is 2.18. The van der Waals surface area contributed by atoms with Crippen molar-refractivity contribution < 1.29 is 4.57 Å². The third-order valence-corrected chi connectivity index (χ3v) is 7.03. The van der Waals surface area contributed by atoms with Crippen LogP contribution in [0.2, 0.25) is 0 Å². The molecule has 32 heavy (non-hydrogen) atoms. The van der Waals surface area contributed by atoms with E-state index in [9.17, 15) is 0 Å². The Hall–Kier alpha value is -2.35. The van der Waals surface area contributed by atoms with Gasteiger partial charge in [-0.3, -0.25) is 0 Å². The summed E-state index contributed by atoms with van der Waals surface area (Å²) < 4.78 is 4.85. The Labute approximate surface area is 196 Å². The first-order valence-corrected chi connectivity index (χ1v) is 12.2. The van der Waals surface area contributed by atoms with E-state index in [0.29, 0.717) is 17.8 Å². The van der Waals surface area contributed by atoms with E-state index < -0.39 is 0 Å². The topological polar surface area (TPSA) is 8.81 Å². The predicted molar refractivity (Wildman–Crippen MR) is 137 cm³/mol. The second-order valence-electron chi connectivity index (χ2n) is 10.7. The summed E-state index contributed by atoms with van der Waals surface area (Å²) in [6.45, 7) is 26.0. The zero-order chi connectivity index (χ0) is 23.9. The molecule has 3 aromatic rings. The Bertz CT molecular complexity index is 1070. The van der Waals surface area contributed by atoms with Gasteiger partial charge in [0.2, 0.25) is 6.33 Å². The fourth-order valence-electron chi connectivity index (χ4n) is 5.09. The summed E-state index contributed by atoms with van der Waals surface area (Å²) in [6.07, 6.45) is 2.32. The van der Waals surface area contributed by atoms with Gasteiger partial charge in [0, 0.05) is 19.4 Å². The van der Waals surface area contributed by atoms with Gasteiger partial charge in [-0.1, -0.05) is 71.4 Å². The predicted octanol–water partition coefficient (Wildman–Crippen LogP) is 7.73. The van der Waals surface area contributed by atoms with Crippen LogP contribution in [-0.4, -0.2) is 4.57 Å². The number of nitrogens with zero attached hydrogens (tertiary/aromatic N) is 2. The molecule has 1 aromatic heterocycles. The summed E-state index contributed by atoms with van der Waals surface area (Å²) >= 11 is 0. The maximum absolute atomic E-state index is 2.46. The fraction of sp³-hybridized carbons (Fsp3) is 0.500. The van der Waals surface area contributed by atoms with Crippen molar-refractivity contribution >= 4 is 0 Å². The molecule has 0 aliphatic rings. The average molecular weight is 432 g/mol. The van der Waals surface area contributed by atoms with Crippen LogP contribution >= 0.6 is 0 Å². The van der Waals surface area contributed by atoms with E-state index in [2.05, 4.69) is 116 Å². The molecule has 0 aliphatic heterocycles. The van der Waals surface area contributed by atoms with Crippen LogP contribution < -0.4 is 4.57 Å². The molecule has 0 aliphatic carbocycles. The summed E-state index contributed by atoms with van der Waals surface area (Å²) in [6, 6.07) is 9.51. The highest BCUT2D eigenvalue weighted by molar-refractivity contribution is 5.50. The van der Waals surface area contributed by atoms with Gasteiger partial charge in [-0.15, -0.1) is 0 Å². The zero-order valence-corrected chi connectivity index (χ0v) is 22.2. The Morgan fingerprint density at radius 2 is 1.22 bits per heavy atom. The van der Waals surface area contributed by atoms with Gasteiger partial charge in [0.25, 0.3) is 0 Å². The highest BCUT2D eigenvalue weighted by Gasteiger charge is 2.24. The highest BCUT2D eigenvalue weighted by Crippen LogP contribution is 2.32. The molecule has 2 nitrogen and oxygen atoms in total. The van der Waals surface area contributed by atoms with Crippen LogP contribution in [0.1, 0.15) is 110 Å². The maximum atomic E-state index is 2.46. The summed E-state index contributed by atoms with van der Waals surface area (Å²) in [5.41, 5.74) is 13.9. The molecule has 0 spiro atoms. The summed E-state index contributed by atoms with van der Waals surface area (Å²) in [4.78, 5) is 0. The first-order valence-electron chi connectivity index (χ1n) is 12.2. The lowest BCUT2D eigenvalue weighted by Crippen LogP contribution is -2.36. The molecule has 172 valence electrons. The quantitative estimate of drug-likeness (QED) is 0.353. The van der Waals surface area contributed by atoms with E-state index in [1.165, 1.54) is 56.0 Å². The summed E-state index contributed by atoms with van der Waals surface area (Å²) in [5.74, 6) is 1.56. The molecule has 0 saturated carbocycles. The number of rotatable bonds is 6. The van der Waals surface area contributed by atoms with Crippen molar-refractivity contribution in [2.24, 2.45) is 0 Å². The number of hydrogen-bond acceptors (Lipinski definition) is 0. The maximum Gasteiger partial charge on any atom is 0.249 e. The normalized spacial score (nSPS) is 11.9. The van der Waals surface area contributed by atoms with Crippen molar-refractivity contribution in [2.75, 3.05) is 0 Å². The second kappa shape index (κ2) is 9.25. The van der Waals surface area contributed by atoms with Crippen LogP contribution in [0, 0.1) is 34.6 Å². The molecule has 0 amide bonds. The Kier molecular flexibility index (Phi) is 7.03. The van der Waals surface area contributed by atoms with E-state index in [0.717, 1.165) is 6.54 Å². The largest absolute Gasteiger partial charge is 0.249 e. The van der Waals surface area contributed by atoms with Crippen LogP contribution in [0.3, 0.4) is 0 Å². The van der Waals surface area contributed by atoms with Gasteiger partial charge in [0.1, 0.15) is 23.6 Å². The first kappa shape index (κ1) is 24.3. The van der Waals surface area contributed by atoms with Gasteiger partial charge in [-0.2, -0.15) is 4.57 Å². The highest BCUT2D eigenvalue weighted by atomic mass is 15.1. The SMILES string of the molecule is Cc1cc(C)c(-n2c[n+](Cc3c(C(C)C)cc(C(C)C)cc3C(C)C)c(C)c2C)c(C)c1. The molecule has 2 heteroatoms. The lowest BCUT2D eigenvalue weighted by molar-refractivity contribution is -0.693. The average Bonchev–Trinajstić information content (AvgIpc) is 2.95. The number of imidazole rings is 1. The van der Waals surface area contributed by atoms with Crippen LogP contribution in [0.15, 0.2) is 30.6 Å². The molecule has 0 fully saturated rings. The minimum atomic E-state index is 0.506. The van der Waals surface area contributed by atoms with Crippen molar-refractivity contribution in [2.45, 2.75) is 100 Å². The molecule has 0 radical (unpaired) electrons. The van der Waals surface area contributed by atoms with Crippen molar-refractivity contribution in [1.82, 2.24) is 4.57 Å².